The Morgan fingerprint density at radius 1 is 0.419 bits per heavy atom. The maximum Gasteiger partial charge on any atom is 1.00 e. The van der Waals surface area contributed by atoms with Gasteiger partial charge < -0.3 is 53.3 Å². The van der Waals surface area contributed by atoms with E-state index in [-0.39, 0.29) is 174 Å². The third-order valence-corrected chi connectivity index (χ3v) is 8.79. The predicted octanol–water partition coefficient (Wildman–Crippen LogP) is -9.94. The van der Waals surface area contributed by atoms with Gasteiger partial charge in [-0.2, -0.15) is 0 Å². The fraction of sp³-hybridized carbons (Fsp3) is 0.0625. The molecule has 0 aliphatic carbocycles. The summed E-state index contributed by atoms with van der Waals surface area (Å²) < 4.78 is 174. The fourth-order valence-corrected chi connectivity index (χ4v) is 6.55. The summed E-state index contributed by atoms with van der Waals surface area (Å²) in [4.78, 5) is 26.6. The minimum absolute atomic E-state index is 0. The van der Waals surface area contributed by atoms with Crippen molar-refractivity contribution in [2.45, 2.75) is 0 Å². The minimum Gasteiger partial charge on any atom is -0.716 e. The average Bonchev–Trinajstić information content (AvgIpc) is 3.07. The van der Waals surface area contributed by atoms with Crippen LogP contribution >= 0.6 is 0 Å². The van der Waals surface area contributed by atoms with Crippen LogP contribution in [0.2, 0.25) is 0 Å². The third kappa shape index (κ3) is 15.7. The van der Waals surface area contributed by atoms with Crippen molar-refractivity contribution in [3.8, 4) is 57.1 Å². The van der Waals surface area contributed by atoms with E-state index in [1.807, 2.05) is 0 Å². The Morgan fingerprint density at radius 2 is 0.710 bits per heavy atom. The topological polar surface area (TPSA) is 345 Å². The van der Waals surface area contributed by atoms with Crippen LogP contribution in [0, 0.1) is 0 Å². The molecular weight excluding hydrogens is 957 g/mol. The van der Waals surface area contributed by atoms with E-state index in [1.54, 1.807) is 0 Å². The molecule has 0 radical (unpaired) electrons. The van der Waals surface area contributed by atoms with E-state index < -0.39 is 88.7 Å². The van der Waals surface area contributed by atoms with Gasteiger partial charge in [0, 0.05) is 47.5 Å². The molecule has 0 unspecified atom stereocenters. The van der Waals surface area contributed by atoms with E-state index in [1.165, 1.54) is 24.3 Å². The molecule has 0 aliphatic heterocycles. The Labute approximate surface area is 438 Å². The smallest absolute Gasteiger partial charge is 0.716 e. The standard InChI is InChI=1S/C32H22O22S4.4Na/c33-23-15-25(17-1-5-19(6-2-17)51-55(35,36)37)49-29-13-21(53-57(41,42)43)11-27(31(23)29)47-9-10-48-28-12-22(54-58(44,45)46)14-30-32(28)24(34)16-26(50-30)18-3-7-20(8-4-18)52-56(38,39)40;;;;/h1-8,11-16H,9-10H2,(H,35,36,37)(H,38,39,40)(H,41,42,43)(H,44,45,46);;;;/q;4*+1/p-4. The van der Waals surface area contributed by atoms with Crippen molar-refractivity contribution in [1.29, 1.82) is 0 Å². The molecule has 0 spiro atoms. The monoisotopic (exact) mass is 974 g/mol. The second-order valence-electron chi connectivity index (χ2n) is 11.3. The number of hydrogen-bond donors (Lipinski definition) is 0. The van der Waals surface area contributed by atoms with Gasteiger partial charge in [0.2, 0.25) is 0 Å². The fourth-order valence-electron chi connectivity index (χ4n) is 5.19. The average molecular weight is 975 g/mol. The van der Waals surface area contributed by atoms with E-state index in [9.17, 15) is 61.5 Å². The number of hydrogen-bond acceptors (Lipinski definition) is 22. The van der Waals surface area contributed by atoms with Gasteiger partial charge in [-0.1, -0.05) is 0 Å². The van der Waals surface area contributed by atoms with Crippen LogP contribution in [0.1, 0.15) is 0 Å². The van der Waals surface area contributed by atoms with Crippen LogP contribution in [0.4, 0.5) is 0 Å². The van der Waals surface area contributed by atoms with Gasteiger partial charge in [0.1, 0.15) is 81.2 Å². The van der Waals surface area contributed by atoms with Crippen LogP contribution in [0.15, 0.2) is 103 Å². The van der Waals surface area contributed by atoms with Gasteiger partial charge in [-0.3, -0.25) is 9.59 Å². The van der Waals surface area contributed by atoms with Crippen LogP contribution in [-0.2, 0) is 41.6 Å². The summed E-state index contributed by atoms with van der Waals surface area (Å²) in [5.74, 6) is -3.18. The molecule has 0 aliphatic rings. The van der Waals surface area contributed by atoms with Crippen LogP contribution in [0.3, 0.4) is 0 Å². The molecule has 0 bridgehead atoms. The summed E-state index contributed by atoms with van der Waals surface area (Å²) in [6.45, 7) is -1.06. The number of rotatable bonds is 15. The summed E-state index contributed by atoms with van der Waals surface area (Å²) in [6, 6.07) is 14.6. The summed E-state index contributed by atoms with van der Waals surface area (Å²) >= 11 is 0. The van der Waals surface area contributed by atoms with Crippen molar-refractivity contribution in [3.63, 3.8) is 0 Å². The molecule has 2 aromatic heterocycles. The van der Waals surface area contributed by atoms with E-state index >= 15 is 0 Å². The summed E-state index contributed by atoms with van der Waals surface area (Å²) in [5.41, 5.74) is -2.02. The van der Waals surface area contributed by atoms with Crippen LogP contribution in [-0.4, -0.2) is 65.1 Å². The molecule has 0 N–H and O–H groups in total. The Balaban J connectivity index is 0.00000331. The summed E-state index contributed by atoms with van der Waals surface area (Å²) in [6.07, 6.45) is 0. The van der Waals surface area contributed by atoms with Gasteiger partial charge >= 0.3 is 118 Å². The normalized spacial score (nSPS) is 11.5. The molecule has 4 aromatic carbocycles. The molecule has 62 heavy (non-hydrogen) atoms. The molecule has 0 amide bonds. The first-order chi connectivity index (χ1) is 27.0. The van der Waals surface area contributed by atoms with Crippen molar-refractivity contribution in [1.82, 2.24) is 0 Å². The van der Waals surface area contributed by atoms with Crippen molar-refractivity contribution < 1.29 is 205 Å². The van der Waals surface area contributed by atoms with Gasteiger partial charge in [-0.05, 0) is 48.5 Å². The van der Waals surface area contributed by atoms with E-state index in [4.69, 9.17) is 18.3 Å². The van der Waals surface area contributed by atoms with Crippen LogP contribution in [0.5, 0.6) is 34.5 Å². The van der Waals surface area contributed by atoms with Gasteiger partial charge in [0.05, 0.1) is 0 Å². The van der Waals surface area contributed by atoms with E-state index in [2.05, 4.69) is 16.7 Å². The molecular formula is C32H18Na4O22S4. The quantitative estimate of drug-likeness (QED) is 0.0399. The van der Waals surface area contributed by atoms with Crippen LogP contribution < -0.4 is 155 Å². The molecule has 6 rings (SSSR count). The maximum absolute atomic E-state index is 13.3. The molecule has 6 aromatic rings. The molecule has 0 saturated carbocycles. The molecule has 0 fully saturated rings. The molecule has 306 valence electrons. The first kappa shape index (κ1) is 55.9. The zero-order valence-electron chi connectivity index (χ0n) is 32.1. The van der Waals surface area contributed by atoms with Crippen LogP contribution in [0.25, 0.3) is 44.6 Å². The second-order valence-corrected chi connectivity index (χ2v) is 15.2. The Bertz CT molecular complexity index is 2950. The number of fused-ring (bicyclic) bond motifs is 2. The maximum atomic E-state index is 13.3. The van der Waals surface area contributed by atoms with E-state index in [0.717, 1.165) is 60.7 Å². The van der Waals surface area contributed by atoms with Gasteiger partial charge in [-0.15, -0.1) is 0 Å². The first-order valence-electron chi connectivity index (χ1n) is 15.3. The van der Waals surface area contributed by atoms with Crippen molar-refractivity contribution in [2.75, 3.05) is 13.2 Å². The molecule has 0 saturated heterocycles. The SMILES string of the molecule is O=c1cc(-c2ccc(OS(=O)(=O)[O-])cc2)oc2cc(OS(=O)(=O)[O-])cc(OCCOc3cc(OS(=O)(=O)[O-])cc4oc(-c5ccc(OS(=O)(=O)[O-])cc5)cc(=O)c34)c12.[Na+].[Na+].[Na+].[Na+]. The minimum atomic E-state index is -5.38. The molecule has 0 atom stereocenters. The molecule has 30 heteroatoms. The zero-order valence-corrected chi connectivity index (χ0v) is 43.4. The summed E-state index contributed by atoms with van der Waals surface area (Å²) in [7, 11) is -20.9. The third-order valence-electron chi connectivity index (χ3n) is 7.21. The Morgan fingerprint density at radius 3 is 1.00 bits per heavy atom. The number of ether oxygens (including phenoxy) is 2. The summed E-state index contributed by atoms with van der Waals surface area (Å²) in [5, 5.41) is -0.610. The predicted molar refractivity (Wildman–Crippen MR) is 188 cm³/mol. The molecule has 2 heterocycles. The van der Waals surface area contributed by atoms with Crippen molar-refractivity contribution >= 4 is 63.5 Å². The zero-order chi connectivity index (χ0) is 42.2. The largest absolute Gasteiger partial charge is 1.00 e. The van der Waals surface area contributed by atoms with Gasteiger partial charge in [-0.25, -0.2) is 33.7 Å². The number of benzene rings is 4. The molecule has 22 nitrogen and oxygen atoms in total. The van der Waals surface area contributed by atoms with Gasteiger partial charge in [0.25, 0.3) is 41.6 Å². The van der Waals surface area contributed by atoms with Crippen molar-refractivity contribution in [2.24, 2.45) is 0 Å². The first-order valence-corrected chi connectivity index (χ1v) is 20.6. The Hall–Kier alpha value is -2.26. The Kier molecular flexibility index (Phi) is 20.1. The second kappa shape index (κ2) is 22.3. The van der Waals surface area contributed by atoms with Gasteiger partial charge in [0.15, 0.2) is 10.9 Å². The van der Waals surface area contributed by atoms with E-state index in [0.29, 0.717) is 0 Å². The van der Waals surface area contributed by atoms with Crippen molar-refractivity contribution in [3.05, 3.63) is 105 Å².